The van der Waals surface area contributed by atoms with Gasteiger partial charge in [-0.15, -0.1) is 0 Å². The monoisotopic (exact) mass is 238 g/mol. The van der Waals surface area contributed by atoms with Crippen molar-refractivity contribution in [1.82, 2.24) is 4.90 Å². The summed E-state index contributed by atoms with van der Waals surface area (Å²) in [6, 6.07) is 2.36. The summed E-state index contributed by atoms with van der Waals surface area (Å²) in [6.07, 6.45) is 5.55. The van der Waals surface area contributed by atoms with Gasteiger partial charge in [-0.3, -0.25) is 0 Å². The number of aliphatic hydroxyl groups is 1. The van der Waals surface area contributed by atoms with Crippen molar-refractivity contribution >= 4 is 0 Å². The van der Waals surface area contributed by atoms with Crippen LogP contribution in [0.3, 0.4) is 0 Å². The molecule has 0 bridgehead atoms. The van der Waals surface area contributed by atoms with Crippen LogP contribution in [0.2, 0.25) is 0 Å². The predicted octanol–water partition coefficient (Wildman–Crippen LogP) is 2.41. The first kappa shape index (κ1) is 14.5. The van der Waals surface area contributed by atoms with Crippen LogP contribution in [0.4, 0.5) is 0 Å². The maximum absolute atomic E-state index is 8.96. The van der Waals surface area contributed by atoms with Gasteiger partial charge in [0.15, 0.2) is 0 Å². The highest BCUT2D eigenvalue weighted by atomic mass is 16.3. The van der Waals surface area contributed by atoms with E-state index in [1.807, 2.05) is 13.8 Å². The van der Waals surface area contributed by atoms with Crippen LogP contribution in [0.5, 0.6) is 0 Å². The number of nitriles is 1. The minimum Gasteiger partial charge on any atom is -0.396 e. The Kier molecular flexibility index (Phi) is 5.94. The van der Waals surface area contributed by atoms with Gasteiger partial charge in [-0.05, 0) is 65.0 Å². The molecule has 1 saturated heterocycles. The third-order valence-corrected chi connectivity index (χ3v) is 3.72. The van der Waals surface area contributed by atoms with Crippen molar-refractivity contribution in [2.45, 2.75) is 46.0 Å². The molecule has 0 radical (unpaired) electrons. The molecule has 1 heterocycles. The molecule has 1 atom stereocenters. The second-order valence-electron chi connectivity index (χ2n) is 5.92. The van der Waals surface area contributed by atoms with Gasteiger partial charge in [0.25, 0.3) is 0 Å². The molecule has 1 rings (SSSR count). The lowest BCUT2D eigenvalue weighted by Gasteiger charge is -2.32. The fourth-order valence-electron chi connectivity index (χ4n) is 2.57. The first-order valence-corrected chi connectivity index (χ1v) is 6.82. The van der Waals surface area contributed by atoms with Crippen molar-refractivity contribution in [3.8, 4) is 6.07 Å². The van der Waals surface area contributed by atoms with Crippen LogP contribution in [-0.4, -0.2) is 36.2 Å². The van der Waals surface area contributed by atoms with Crippen LogP contribution in [0.15, 0.2) is 0 Å². The van der Waals surface area contributed by atoms with E-state index >= 15 is 0 Å². The third kappa shape index (κ3) is 5.52. The molecule has 0 aromatic rings. The van der Waals surface area contributed by atoms with E-state index < -0.39 is 0 Å². The zero-order chi connectivity index (χ0) is 12.7. The lowest BCUT2D eigenvalue weighted by molar-refractivity contribution is 0.143. The van der Waals surface area contributed by atoms with Gasteiger partial charge in [-0.2, -0.15) is 5.26 Å². The largest absolute Gasteiger partial charge is 0.396 e. The highest BCUT2D eigenvalue weighted by molar-refractivity contribution is 4.91. The van der Waals surface area contributed by atoms with E-state index in [-0.39, 0.29) is 5.41 Å². The maximum atomic E-state index is 8.96. The topological polar surface area (TPSA) is 47.3 Å². The Morgan fingerprint density at radius 1 is 1.47 bits per heavy atom. The number of piperidine rings is 1. The molecule has 0 aromatic carbocycles. The molecular formula is C14H26N2O. The Morgan fingerprint density at radius 3 is 2.88 bits per heavy atom. The van der Waals surface area contributed by atoms with Gasteiger partial charge in [-0.25, -0.2) is 0 Å². The average molecular weight is 238 g/mol. The highest BCUT2D eigenvalue weighted by Gasteiger charge is 2.21. The summed E-state index contributed by atoms with van der Waals surface area (Å²) in [5.74, 6) is 0.678. The van der Waals surface area contributed by atoms with Crippen molar-refractivity contribution < 1.29 is 5.11 Å². The van der Waals surface area contributed by atoms with Crippen LogP contribution in [0, 0.1) is 22.7 Å². The number of hydrogen-bond donors (Lipinski definition) is 1. The zero-order valence-corrected chi connectivity index (χ0v) is 11.3. The molecule has 0 aromatic heterocycles. The van der Waals surface area contributed by atoms with Gasteiger partial charge in [0.2, 0.25) is 0 Å². The summed E-state index contributed by atoms with van der Waals surface area (Å²) in [5.41, 5.74) is -0.180. The van der Waals surface area contributed by atoms with E-state index in [1.165, 1.54) is 19.4 Å². The zero-order valence-electron chi connectivity index (χ0n) is 11.3. The third-order valence-electron chi connectivity index (χ3n) is 3.72. The minimum atomic E-state index is -0.180. The first-order chi connectivity index (χ1) is 8.07. The van der Waals surface area contributed by atoms with Crippen molar-refractivity contribution in [2.75, 3.05) is 26.2 Å². The molecule has 0 saturated carbocycles. The van der Waals surface area contributed by atoms with Crippen molar-refractivity contribution in [3.63, 3.8) is 0 Å². The van der Waals surface area contributed by atoms with Gasteiger partial charge in [0, 0.05) is 13.2 Å². The van der Waals surface area contributed by atoms with E-state index in [0.717, 1.165) is 32.4 Å². The molecular weight excluding hydrogens is 212 g/mol. The summed E-state index contributed by atoms with van der Waals surface area (Å²) in [7, 11) is 0. The molecule has 98 valence electrons. The normalized spacial score (nSPS) is 22.4. The Labute approximate surface area is 105 Å². The Morgan fingerprint density at radius 2 is 2.24 bits per heavy atom. The van der Waals surface area contributed by atoms with E-state index in [9.17, 15) is 0 Å². The molecule has 1 N–H and O–H groups in total. The lowest BCUT2D eigenvalue weighted by Crippen LogP contribution is -2.36. The molecule has 3 nitrogen and oxygen atoms in total. The van der Waals surface area contributed by atoms with Crippen LogP contribution in [-0.2, 0) is 0 Å². The molecule has 0 amide bonds. The number of likely N-dealkylation sites (tertiary alicyclic amines) is 1. The molecule has 1 fully saturated rings. The molecule has 1 aliphatic rings. The van der Waals surface area contributed by atoms with Gasteiger partial charge >= 0.3 is 0 Å². The molecule has 1 unspecified atom stereocenters. The summed E-state index contributed by atoms with van der Waals surface area (Å²) >= 11 is 0. The fraction of sp³-hybridized carbons (Fsp3) is 0.929. The Balaban J connectivity index is 2.21. The van der Waals surface area contributed by atoms with E-state index in [0.29, 0.717) is 12.5 Å². The van der Waals surface area contributed by atoms with E-state index in [4.69, 9.17) is 10.4 Å². The second kappa shape index (κ2) is 6.98. The second-order valence-corrected chi connectivity index (χ2v) is 5.92. The average Bonchev–Trinajstić information content (AvgIpc) is 2.30. The van der Waals surface area contributed by atoms with Crippen LogP contribution >= 0.6 is 0 Å². The summed E-state index contributed by atoms with van der Waals surface area (Å²) in [6.45, 7) is 7.77. The number of nitrogens with zero attached hydrogens (tertiary/aromatic N) is 2. The summed E-state index contributed by atoms with van der Waals surface area (Å²) < 4.78 is 0. The first-order valence-electron chi connectivity index (χ1n) is 6.82. The van der Waals surface area contributed by atoms with Gasteiger partial charge in [0.1, 0.15) is 0 Å². The predicted molar refractivity (Wildman–Crippen MR) is 69.5 cm³/mol. The minimum absolute atomic E-state index is 0.180. The Hall–Kier alpha value is -0.590. The number of aliphatic hydroxyl groups excluding tert-OH is 1. The van der Waals surface area contributed by atoms with Crippen LogP contribution < -0.4 is 0 Å². The van der Waals surface area contributed by atoms with E-state index in [2.05, 4.69) is 11.0 Å². The molecule has 1 aliphatic heterocycles. The van der Waals surface area contributed by atoms with Crippen LogP contribution in [0.25, 0.3) is 0 Å². The standard InChI is InChI=1S/C14H26N2O/c1-14(2,12-15)7-4-9-16-8-3-5-13(11-16)6-10-17/h13,17H,3-11H2,1-2H3. The maximum Gasteiger partial charge on any atom is 0.0683 e. The SMILES string of the molecule is CC(C)(C#N)CCCN1CCCC(CCO)C1. The highest BCUT2D eigenvalue weighted by Crippen LogP contribution is 2.23. The van der Waals surface area contributed by atoms with Crippen LogP contribution in [0.1, 0.15) is 46.0 Å². The summed E-state index contributed by atoms with van der Waals surface area (Å²) in [5, 5.41) is 17.9. The quantitative estimate of drug-likeness (QED) is 0.773. The van der Waals surface area contributed by atoms with Gasteiger partial charge in [0.05, 0.1) is 11.5 Å². The smallest absolute Gasteiger partial charge is 0.0683 e. The van der Waals surface area contributed by atoms with Crippen molar-refractivity contribution in [3.05, 3.63) is 0 Å². The van der Waals surface area contributed by atoms with E-state index in [1.54, 1.807) is 0 Å². The lowest BCUT2D eigenvalue weighted by atomic mass is 9.89. The number of hydrogen-bond acceptors (Lipinski definition) is 3. The fourth-order valence-corrected chi connectivity index (χ4v) is 2.57. The molecule has 3 heteroatoms. The van der Waals surface area contributed by atoms with Crippen molar-refractivity contribution in [2.24, 2.45) is 11.3 Å². The van der Waals surface area contributed by atoms with Gasteiger partial charge in [-0.1, -0.05) is 0 Å². The molecule has 17 heavy (non-hydrogen) atoms. The summed E-state index contributed by atoms with van der Waals surface area (Å²) in [4.78, 5) is 2.50. The molecule has 0 aliphatic carbocycles. The van der Waals surface area contributed by atoms with Crippen molar-refractivity contribution in [1.29, 1.82) is 5.26 Å². The Bertz CT molecular complexity index is 255. The molecule has 0 spiro atoms. The number of rotatable bonds is 6. The van der Waals surface area contributed by atoms with Gasteiger partial charge < -0.3 is 10.0 Å².